The molecule has 3 amide bonds. The Bertz CT molecular complexity index is 843. The third kappa shape index (κ3) is 3.88. The van der Waals surface area contributed by atoms with Crippen molar-refractivity contribution in [3.05, 3.63) is 30.1 Å². The van der Waals surface area contributed by atoms with E-state index in [0.717, 1.165) is 6.42 Å². The maximum atomic E-state index is 12.7. The number of anilines is 3. The van der Waals surface area contributed by atoms with E-state index >= 15 is 0 Å². The van der Waals surface area contributed by atoms with E-state index in [-0.39, 0.29) is 24.1 Å². The molecule has 0 saturated heterocycles. The maximum Gasteiger partial charge on any atom is 0.249 e. The van der Waals surface area contributed by atoms with Gasteiger partial charge in [0, 0.05) is 24.7 Å². The molecule has 26 heavy (non-hydrogen) atoms. The Balaban J connectivity index is 1.75. The molecule has 3 rings (SSSR count). The normalized spacial score (nSPS) is 15.8. The number of fused-ring (bicyclic) bond motifs is 1. The van der Waals surface area contributed by atoms with E-state index < -0.39 is 6.04 Å². The van der Waals surface area contributed by atoms with Crippen LogP contribution in [0.4, 0.5) is 17.3 Å². The quantitative estimate of drug-likeness (QED) is 0.754. The van der Waals surface area contributed by atoms with Crippen molar-refractivity contribution in [2.24, 2.45) is 0 Å². The van der Waals surface area contributed by atoms with Gasteiger partial charge in [0.1, 0.15) is 6.04 Å². The first-order chi connectivity index (χ1) is 12.5. The van der Waals surface area contributed by atoms with Gasteiger partial charge in [-0.1, -0.05) is 6.92 Å². The number of benzene rings is 1. The summed E-state index contributed by atoms with van der Waals surface area (Å²) >= 11 is 0. The molecule has 0 spiro atoms. The Kier molecular flexibility index (Phi) is 4.97. The Labute approximate surface area is 150 Å². The van der Waals surface area contributed by atoms with Crippen LogP contribution in [0.3, 0.4) is 0 Å². The summed E-state index contributed by atoms with van der Waals surface area (Å²) in [5, 5.41) is 12.4. The van der Waals surface area contributed by atoms with Gasteiger partial charge in [-0.2, -0.15) is 10.1 Å². The van der Waals surface area contributed by atoms with E-state index in [1.165, 1.54) is 11.6 Å². The maximum absolute atomic E-state index is 12.7. The van der Waals surface area contributed by atoms with Crippen LogP contribution < -0.4 is 16.0 Å². The number of nitrogens with zero attached hydrogens (tertiary/aromatic N) is 3. The number of hydrogen-bond donors (Lipinski definition) is 3. The van der Waals surface area contributed by atoms with Gasteiger partial charge < -0.3 is 10.6 Å². The highest BCUT2D eigenvalue weighted by Crippen LogP contribution is 2.25. The van der Waals surface area contributed by atoms with Crippen LogP contribution in [0.5, 0.6) is 0 Å². The standard InChI is InChI=1S/C17H20N6O3/c1-3-4-14-20-17-21-15(25)9-13(23(17)22-14)16(26)19-12-7-5-11(6-8-12)18-10(2)24/h5-8,13H,3-4,9H2,1-2H3,(H,18,24)(H,19,26)(H,20,21,22,25)/t13-/m0/s1. The molecule has 3 N–H and O–H groups in total. The van der Waals surface area contributed by atoms with Crippen molar-refractivity contribution < 1.29 is 14.4 Å². The molecule has 0 radical (unpaired) electrons. The van der Waals surface area contributed by atoms with Gasteiger partial charge in [-0.15, -0.1) is 0 Å². The van der Waals surface area contributed by atoms with E-state index in [4.69, 9.17) is 0 Å². The fourth-order valence-electron chi connectivity index (χ4n) is 2.71. The van der Waals surface area contributed by atoms with Gasteiger partial charge in [-0.05, 0) is 30.7 Å². The average Bonchev–Trinajstić information content (AvgIpc) is 2.98. The van der Waals surface area contributed by atoms with Crippen LogP contribution in [-0.2, 0) is 20.8 Å². The third-order valence-electron chi connectivity index (χ3n) is 3.85. The molecule has 0 saturated carbocycles. The first-order valence-electron chi connectivity index (χ1n) is 8.40. The smallest absolute Gasteiger partial charge is 0.249 e. The van der Waals surface area contributed by atoms with Crippen LogP contribution in [-0.4, -0.2) is 32.5 Å². The minimum atomic E-state index is -0.758. The molecule has 9 nitrogen and oxygen atoms in total. The van der Waals surface area contributed by atoms with Crippen LogP contribution in [0, 0.1) is 0 Å². The molecule has 0 unspecified atom stereocenters. The first kappa shape index (κ1) is 17.6. The number of amides is 3. The Morgan fingerprint density at radius 2 is 1.88 bits per heavy atom. The van der Waals surface area contributed by atoms with Gasteiger partial charge in [0.2, 0.25) is 23.7 Å². The summed E-state index contributed by atoms with van der Waals surface area (Å²) in [6.45, 7) is 3.43. The number of hydrogen-bond acceptors (Lipinski definition) is 5. The minimum absolute atomic E-state index is 0.00225. The lowest BCUT2D eigenvalue weighted by Gasteiger charge is -2.22. The second-order valence-electron chi connectivity index (χ2n) is 6.06. The number of carbonyl (C=O) groups is 3. The van der Waals surface area contributed by atoms with Crippen molar-refractivity contribution in [2.45, 2.75) is 39.2 Å². The summed E-state index contributed by atoms with van der Waals surface area (Å²) in [6, 6.07) is 5.97. The number of aromatic nitrogens is 3. The van der Waals surface area contributed by atoms with E-state index in [9.17, 15) is 14.4 Å². The Morgan fingerprint density at radius 3 is 2.50 bits per heavy atom. The predicted octanol–water partition coefficient (Wildman–Crippen LogP) is 1.71. The predicted molar refractivity (Wildman–Crippen MR) is 95.7 cm³/mol. The van der Waals surface area contributed by atoms with Gasteiger partial charge in [0.05, 0.1) is 6.42 Å². The van der Waals surface area contributed by atoms with Crippen molar-refractivity contribution in [2.75, 3.05) is 16.0 Å². The average molecular weight is 356 g/mol. The molecule has 2 aromatic rings. The molecule has 0 fully saturated rings. The lowest BCUT2D eigenvalue weighted by atomic mass is 10.1. The number of aryl methyl sites for hydroxylation is 1. The molecule has 136 valence electrons. The first-order valence-corrected chi connectivity index (χ1v) is 8.40. The summed E-state index contributed by atoms with van der Waals surface area (Å²) < 4.78 is 1.47. The molecule has 9 heteroatoms. The van der Waals surface area contributed by atoms with Crippen LogP contribution in [0.15, 0.2) is 24.3 Å². The van der Waals surface area contributed by atoms with E-state index in [1.807, 2.05) is 6.92 Å². The topological polar surface area (TPSA) is 118 Å². The fraction of sp³-hybridized carbons (Fsp3) is 0.353. The third-order valence-corrected chi connectivity index (χ3v) is 3.85. The zero-order valence-electron chi connectivity index (χ0n) is 14.6. The van der Waals surface area contributed by atoms with Crippen molar-refractivity contribution in [3.8, 4) is 0 Å². The molecule has 1 atom stereocenters. The Hall–Kier alpha value is -3.23. The fourth-order valence-corrected chi connectivity index (χ4v) is 2.71. The zero-order valence-corrected chi connectivity index (χ0v) is 14.6. The molecule has 1 aromatic carbocycles. The second kappa shape index (κ2) is 7.34. The van der Waals surface area contributed by atoms with Crippen LogP contribution >= 0.6 is 0 Å². The van der Waals surface area contributed by atoms with Crippen LogP contribution in [0.25, 0.3) is 0 Å². The van der Waals surface area contributed by atoms with Crippen molar-refractivity contribution in [1.29, 1.82) is 0 Å². The molecular formula is C17H20N6O3. The van der Waals surface area contributed by atoms with Crippen molar-refractivity contribution in [3.63, 3.8) is 0 Å². The van der Waals surface area contributed by atoms with Crippen molar-refractivity contribution in [1.82, 2.24) is 14.8 Å². The van der Waals surface area contributed by atoms with Gasteiger partial charge in [-0.3, -0.25) is 19.7 Å². The molecule has 2 heterocycles. The molecule has 1 aliphatic heterocycles. The summed E-state index contributed by atoms with van der Waals surface area (Å²) in [6.07, 6.45) is 1.54. The molecule has 0 aliphatic carbocycles. The lowest BCUT2D eigenvalue weighted by molar-refractivity contribution is -0.125. The van der Waals surface area contributed by atoms with Gasteiger partial charge >= 0.3 is 0 Å². The van der Waals surface area contributed by atoms with Crippen molar-refractivity contribution >= 4 is 35.0 Å². The summed E-state index contributed by atoms with van der Waals surface area (Å²) in [4.78, 5) is 39.9. The van der Waals surface area contributed by atoms with E-state index in [0.29, 0.717) is 29.6 Å². The van der Waals surface area contributed by atoms with Gasteiger partial charge in [0.25, 0.3) is 0 Å². The highest BCUT2D eigenvalue weighted by Gasteiger charge is 2.33. The number of rotatable bonds is 5. The van der Waals surface area contributed by atoms with Gasteiger partial charge in [-0.25, -0.2) is 4.68 Å². The van der Waals surface area contributed by atoms with E-state index in [2.05, 4.69) is 26.0 Å². The highest BCUT2D eigenvalue weighted by atomic mass is 16.2. The lowest BCUT2D eigenvalue weighted by Crippen LogP contribution is -2.36. The SMILES string of the molecule is CCCc1nc2n(n1)[C@H](C(=O)Nc1ccc(NC(C)=O)cc1)CC(=O)N2. The number of carbonyl (C=O) groups excluding carboxylic acids is 3. The van der Waals surface area contributed by atoms with Crippen LogP contribution in [0.2, 0.25) is 0 Å². The van der Waals surface area contributed by atoms with Crippen LogP contribution in [0.1, 0.15) is 38.6 Å². The molecule has 0 bridgehead atoms. The largest absolute Gasteiger partial charge is 0.326 e. The Morgan fingerprint density at radius 1 is 1.23 bits per heavy atom. The monoisotopic (exact) mass is 356 g/mol. The summed E-state index contributed by atoms with van der Waals surface area (Å²) in [5.41, 5.74) is 1.20. The summed E-state index contributed by atoms with van der Waals surface area (Å²) in [7, 11) is 0. The summed E-state index contributed by atoms with van der Waals surface area (Å²) in [5.74, 6) is 0.111. The molecular weight excluding hydrogens is 336 g/mol. The second-order valence-corrected chi connectivity index (χ2v) is 6.06. The highest BCUT2D eigenvalue weighted by molar-refractivity contribution is 6.00. The van der Waals surface area contributed by atoms with Gasteiger partial charge in [0.15, 0.2) is 5.82 Å². The molecule has 1 aromatic heterocycles. The molecule has 1 aliphatic rings. The zero-order chi connectivity index (χ0) is 18.7. The minimum Gasteiger partial charge on any atom is -0.326 e. The number of nitrogens with one attached hydrogen (secondary N) is 3. The van der Waals surface area contributed by atoms with E-state index in [1.54, 1.807) is 24.3 Å².